The molecule has 0 aliphatic heterocycles. The summed E-state index contributed by atoms with van der Waals surface area (Å²) in [5.41, 5.74) is 0.222. The van der Waals surface area contributed by atoms with Crippen LogP contribution < -0.4 is 10.6 Å². The number of anilines is 2. The first kappa shape index (κ1) is 18.1. The molecule has 7 nitrogen and oxygen atoms in total. The second-order valence-corrected chi connectivity index (χ2v) is 5.63. The summed E-state index contributed by atoms with van der Waals surface area (Å²) in [7, 11) is 0. The van der Waals surface area contributed by atoms with Crippen LogP contribution in [0.4, 0.5) is 25.1 Å². The van der Waals surface area contributed by atoms with Gasteiger partial charge in [-0.25, -0.2) is 4.98 Å². The van der Waals surface area contributed by atoms with Gasteiger partial charge >= 0.3 is 6.18 Å². The number of aromatic nitrogens is 5. The molecule has 0 radical (unpaired) electrons. The Labute approximate surface area is 141 Å². The topological polar surface area (TPSA) is 88.5 Å². The van der Waals surface area contributed by atoms with Crippen molar-refractivity contribution in [2.75, 3.05) is 10.6 Å². The second kappa shape index (κ2) is 7.12. The molecule has 0 saturated carbocycles. The fraction of sp³-hybridized carbons (Fsp3) is 0.462. The number of hydrogen-bond donors (Lipinski definition) is 2. The molecule has 2 heterocycles. The first-order valence-electron chi connectivity index (χ1n) is 6.99. The van der Waals surface area contributed by atoms with Gasteiger partial charge < -0.3 is 10.6 Å². The van der Waals surface area contributed by atoms with Crippen molar-refractivity contribution in [2.24, 2.45) is 0 Å². The van der Waals surface area contributed by atoms with Crippen molar-refractivity contribution in [3.8, 4) is 11.5 Å². The SMILES string of the molecule is CC(C)Nc1nc(NC(C)C(F)(F)F)nc(-c2cncc(Cl)n2)n1. The Balaban J connectivity index is 2.41. The van der Waals surface area contributed by atoms with Crippen molar-refractivity contribution in [3.63, 3.8) is 0 Å². The molecule has 2 N–H and O–H groups in total. The van der Waals surface area contributed by atoms with Gasteiger partial charge in [0, 0.05) is 6.04 Å². The van der Waals surface area contributed by atoms with E-state index in [9.17, 15) is 13.2 Å². The Morgan fingerprint density at radius 3 is 2.12 bits per heavy atom. The van der Waals surface area contributed by atoms with Crippen LogP contribution in [-0.4, -0.2) is 43.2 Å². The summed E-state index contributed by atoms with van der Waals surface area (Å²) in [4.78, 5) is 19.9. The van der Waals surface area contributed by atoms with E-state index in [1.165, 1.54) is 12.4 Å². The van der Waals surface area contributed by atoms with Crippen LogP contribution in [0.15, 0.2) is 12.4 Å². The third-order valence-electron chi connectivity index (χ3n) is 2.72. The standard InChI is InChI=1S/C13H15ClF3N7/c1-6(2)19-11-22-10(8-4-18-5-9(14)21-8)23-12(24-11)20-7(3)13(15,16)17/h4-7H,1-3H3,(H2,19,20,22,23,24). The van der Waals surface area contributed by atoms with Gasteiger partial charge in [-0.2, -0.15) is 28.1 Å². The van der Waals surface area contributed by atoms with Gasteiger partial charge in [0.25, 0.3) is 0 Å². The average molecular weight is 362 g/mol. The number of nitrogens with one attached hydrogen (secondary N) is 2. The summed E-state index contributed by atoms with van der Waals surface area (Å²) in [6.07, 6.45) is -1.75. The molecular formula is C13H15ClF3N7. The van der Waals surface area contributed by atoms with E-state index in [1.54, 1.807) is 0 Å². The number of alkyl halides is 3. The monoisotopic (exact) mass is 361 g/mol. The number of nitrogens with zero attached hydrogens (tertiary/aromatic N) is 5. The van der Waals surface area contributed by atoms with Crippen molar-refractivity contribution in [2.45, 2.75) is 39.0 Å². The lowest BCUT2D eigenvalue weighted by Gasteiger charge is -2.18. The van der Waals surface area contributed by atoms with Gasteiger partial charge in [-0.3, -0.25) is 4.98 Å². The van der Waals surface area contributed by atoms with Crippen LogP contribution in [0, 0.1) is 0 Å². The first-order valence-corrected chi connectivity index (χ1v) is 7.36. The molecule has 1 unspecified atom stereocenters. The van der Waals surface area contributed by atoms with E-state index in [2.05, 4.69) is 35.6 Å². The van der Waals surface area contributed by atoms with E-state index in [0.29, 0.717) is 0 Å². The van der Waals surface area contributed by atoms with Crippen LogP contribution >= 0.6 is 11.6 Å². The summed E-state index contributed by atoms with van der Waals surface area (Å²) < 4.78 is 38.2. The highest BCUT2D eigenvalue weighted by Crippen LogP contribution is 2.23. The lowest BCUT2D eigenvalue weighted by Crippen LogP contribution is -2.34. The summed E-state index contributed by atoms with van der Waals surface area (Å²) in [5.74, 6) is -0.0524. The molecule has 2 aromatic rings. The molecule has 0 saturated heterocycles. The van der Waals surface area contributed by atoms with E-state index in [-0.39, 0.29) is 34.6 Å². The fourth-order valence-corrected chi connectivity index (χ4v) is 1.75. The normalized spacial score (nSPS) is 13.0. The molecule has 0 aliphatic rings. The molecule has 130 valence electrons. The number of hydrogen-bond acceptors (Lipinski definition) is 7. The maximum Gasteiger partial charge on any atom is 0.408 e. The molecule has 1 atom stereocenters. The highest BCUT2D eigenvalue weighted by atomic mass is 35.5. The summed E-state index contributed by atoms with van der Waals surface area (Å²) in [6, 6.07) is -1.86. The highest BCUT2D eigenvalue weighted by Gasteiger charge is 2.36. The molecule has 0 aliphatic carbocycles. The van der Waals surface area contributed by atoms with Gasteiger partial charge in [-0.05, 0) is 20.8 Å². The zero-order chi connectivity index (χ0) is 17.9. The lowest BCUT2D eigenvalue weighted by atomic mass is 10.3. The minimum Gasteiger partial charge on any atom is -0.352 e. The van der Waals surface area contributed by atoms with Crippen LogP contribution in [0.2, 0.25) is 5.15 Å². The molecule has 2 aromatic heterocycles. The third-order valence-corrected chi connectivity index (χ3v) is 2.91. The largest absolute Gasteiger partial charge is 0.408 e. The smallest absolute Gasteiger partial charge is 0.352 e. The molecule has 2 rings (SSSR count). The van der Waals surface area contributed by atoms with E-state index in [4.69, 9.17) is 11.6 Å². The zero-order valence-electron chi connectivity index (χ0n) is 13.1. The molecule has 0 bridgehead atoms. The molecule has 0 amide bonds. The molecular weight excluding hydrogens is 347 g/mol. The molecule has 11 heteroatoms. The van der Waals surface area contributed by atoms with Crippen molar-refractivity contribution >= 4 is 23.5 Å². The van der Waals surface area contributed by atoms with Crippen molar-refractivity contribution in [1.29, 1.82) is 0 Å². The van der Waals surface area contributed by atoms with Crippen LogP contribution in [0.25, 0.3) is 11.5 Å². The minimum atomic E-state index is -4.44. The average Bonchev–Trinajstić information content (AvgIpc) is 2.45. The molecule has 24 heavy (non-hydrogen) atoms. The minimum absolute atomic E-state index is 0.0291. The van der Waals surface area contributed by atoms with E-state index >= 15 is 0 Å². The van der Waals surface area contributed by atoms with Gasteiger partial charge in [0.15, 0.2) is 5.82 Å². The second-order valence-electron chi connectivity index (χ2n) is 5.24. The molecule has 0 fully saturated rings. The van der Waals surface area contributed by atoms with Crippen LogP contribution in [0.1, 0.15) is 20.8 Å². The number of rotatable bonds is 5. The zero-order valence-corrected chi connectivity index (χ0v) is 13.8. The van der Waals surface area contributed by atoms with Gasteiger partial charge in [-0.1, -0.05) is 11.6 Å². The van der Waals surface area contributed by atoms with E-state index in [1.807, 2.05) is 13.8 Å². The Morgan fingerprint density at radius 2 is 1.58 bits per heavy atom. The Bertz CT molecular complexity index is 708. The Hall–Kier alpha value is -2.23. The van der Waals surface area contributed by atoms with E-state index < -0.39 is 12.2 Å². The lowest BCUT2D eigenvalue weighted by molar-refractivity contribution is -0.138. The van der Waals surface area contributed by atoms with Crippen molar-refractivity contribution in [3.05, 3.63) is 17.5 Å². The van der Waals surface area contributed by atoms with Gasteiger partial charge in [0.1, 0.15) is 16.9 Å². The van der Waals surface area contributed by atoms with Crippen LogP contribution in [-0.2, 0) is 0 Å². The third kappa shape index (κ3) is 4.88. The summed E-state index contributed by atoms with van der Waals surface area (Å²) in [5, 5.41) is 5.24. The summed E-state index contributed by atoms with van der Waals surface area (Å²) >= 11 is 5.78. The predicted octanol–water partition coefficient (Wildman–Crippen LogP) is 3.17. The van der Waals surface area contributed by atoms with Gasteiger partial charge in [0.2, 0.25) is 11.9 Å². The maximum atomic E-state index is 12.7. The first-order chi connectivity index (χ1) is 11.1. The fourth-order valence-electron chi connectivity index (χ4n) is 1.60. The van der Waals surface area contributed by atoms with Crippen molar-refractivity contribution < 1.29 is 13.2 Å². The van der Waals surface area contributed by atoms with Crippen LogP contribution in [0.3, 0.4) is 0 Å². The molecule has 0 spiro atoms. The van der Waals surface area contributed by atoms with E-state index in [0.717, 1.165) is 6.92 Å². The maximum absolute atomic E-state index is 12.7. The number of halogens is 4. The van der Waals surface area contributed by atoms with Gasteiger partial charge in [0.05, 0.1) is 12.4 Å². The Morgan fingerprint density at radius 1 is 0.958 bits per heavy atom. The Kier molecular flexibility index (Phi) is 5.37. The van der Waals surface area contributed by atoms with Crippen LogP contribution in [0.5, 0.6) is 0 Å². The van der Waals surface area contributed by atoms with Gasteiger partial charge in [-0.15, -0.1) is 0 Å². The highest BCUT2D eigenvalue weighted by molar-refractivity contribution is 6.29. The summed E-state index contributed by atoms with van der Waals surface area (Å²) in [6.45, 7) is 4.65. The van der Waals surface area contributed by atoms with Crippen molar-refractivity contribution in [1.82, 2.24) is 24.9 Å². The predicted molar refractivity (Wildman–Crippen MR) is 83.8 cm³/mol. The molecule has 0 aromatic carbocycles. The quantitative estimate of drug-likeness (QED) is 0.845.